The summed E-state index contributed by atoms with van der Waals surface area (Å²) in [6.45, 7) is 14.1. The first kappa shape index (κ1) is 50.4. The number of benzene rings is 12. The smallest absolute Gasteiger partial charge is 0.0640 e. The summed E-state index contributed by atoms with van der Waals surface area (Å²) in [5.41, 5.74) is 27.1. The molecule has 2 aliphatic rings. The third-order valence-corrected chi connectivity index (χ3v) is 21.0. The van der Waals surface area contributed by atoms with Crippen LogP contribution in [0.1, 0.15) is 61.1 Å². The van der Waals surface area contributed by atoms with Crippen LogP contribution in [0.25, 0.3) is 96.0 Å². The van der Waals surface area contributed by atoms with E-state index in [0.717, 1.165) is 22.7 Å². The van der Waals surface area contributed by atoms with E-state index >= 15 is 0 Å². The Morgan fingerprint density at radius 3 is 1.05 bits per heavy atom. The lowest BCUT2D eigenvalue weighted by Gasteiger charge is -2.31. The highest BCUT2D eigenvalue weighted by molar-refractivity contribution is 7.26. The molecular weight excluding hydrogens is 1050 g/mol. The van der Waals surface area contributed by atoms with E-state index in [-0.39, 0.29) is 10.8 Å². The third-order valence-electron chi connectivity index (χ3n) is 18.5. The Bertz CT molecular complexity index is 4710. The minimum atomic E-state index is -0.119. The molecule has 14 aromatic rings. The zero-order chi connectivity index (χ0) is 56.6. The van der Waals surface area contributed by atoms with Gasteiger partial charge in [0.05, 0.1) is 32.1 Å². The van der Waals surface area contributed by atoms with Gasteiger partial charge < -0.3 is 9.80 Å². The molecule has 0 atom stereocenters. The average molecular weight is 1110 g/mol. The van der Waals surface area contributed by atoms with Gasteiger partial charge in [0.2, 0.25) is 0 Å². The second-order valence-corrected chi connectivity index (χ2v) is 26.2. The highest BCUT2D eigenvalue weighted by atomic mass is 32.1. The molecule has 0 spiro atoms. The monoisotopic (exact) mass is 1110 g/mol. The summed E-state index contributed by atoms with van der Waals surface area (Å²) in [4.78, 5) is 5.08. The largest absolute Gasteiger partial charge is 0.308 e. The number of rotatable bonds is 9. The van der Waals surface area contributed by atoms with Crippen molar-refractivity contribution in [1.29, 1.82) is 0 Å². The number of hydrogen-bond donors (Lipinski definition) is 0. The van der Waals surface area contributed by atoms with Crippen molar-refractivity contribution in [1.82, 2.24) is 0 Å². The molecular formula is C80H60N2S2. The lowest BCUT2D eigenvalue weighted by molar-refractivity contribution is 0.660. The van der Waals surface area contributed by atoms with Crippen molar-refractivity contribution in [2.45, 2.75) is 52.4 Å². The maximum absolute atomic E-state index is 2.54. The number of nitrogens with zero attached hydrogens (tertiary/aromatic N) is 2. The van der Waals surface area contributed by atoms with Gasteiger partial charge >= 0.3 is 0 Å². The summed E-state index contributed by atoms with van der Waals surface area (Å²) >= 11 is 3.76. The molecule has 0 unspecified atom stereocenters. The van der Waals surface area contributed by atoms with E-state index in [1.165, 1.54) is 141 Å². The van der Waals surface area contributed by atoms with Crippen LogP contribution >= 0.6 is 22.7 Å². The molecule has 0 saturated heterocycles. The van der Waals surface area contributed by atoms with Gasteiger partial charge in [0.15, 0.2) is 0 Å². The molecule has 0 aliphatic heterocycles. The van der Waals surface area contributed by atoms with Crippen molar-refractivity contribution in [3.05, 3.63) is 288 Å². The van der Waals surface area contributed by atoms with E-state index in [1.54, 1.807) is 0 Å². The summed E-state index contributed by atoms with van der Waals surface area (Å²) in [5, 5.41) is 5.14. The Morgan fingerprint density at radius 2 is 0.607 bits per heavy atom. The minimum absolute atomic E-state index is 0.119. The molecule has 4 heteroatoms. The van der Waals surface area contributed by atoms with Gasteiger partial charge in [-0.25, -0.2) is 0 Å². The first-order valence-corrected chi connectivity index (χ1v) is 30.9. The Kier molecular flexibility index (Phi) is 11.5. The standard InChI is InChI=1S/C80H60N2S2/c1-49-45-51(39-43-69(49)81(73-33-19-27-63-61-25-11-17-35-75(61)83-77(63)73)71-31-15-9-21-55(71)53-37-41-59-57-23-7-13-29-65(57)79(3,4)67(59)47-53)52-40-44-70(50(2)46-52)82(74-34-20-28-64-62-26-12-18-36-76(62)84-78(64)74)72-32-16-10-22-56(72)54-38-42-60-58-24-8-14-30-66(58)80(5,6)68(60)48-54/h7-48H,1-6H3. The molecule has 0 bridgehead atoms. The summed E-state index contributed by atoms with van der Waals surface area (Å²) < 4.78 is 5.13. The van der Waals surface area contributed by atoms with Crippen molar-refractivity contribution >= 4 is 97.1 Å². The summed E-state index contributed by atoms with van der Waals surface area (Å²) in [6.07, 6.45) is 0. The molecule has 84 heavy (non-hydrogen) atoms. The second kappa shape index (κ2) is 19.1. The molecule has 0 N–H and O–H groups in total. The Morgan fingerprint density at radius 1 is 0.262 bits per heavy atom. The van der Waals surface area contributed by atoms with Crippen LogP contribution in [-0.4, -0.2) is 0 Å². The summed E-state index contributed by atoms with van der Waals surface area (Å²) in [6, 6.07) is 95.8. The van der Waals surface area contributed by atoms with E-state index in [4.69, 9.17) is 0 Å². The van der Waals surface area contributed by atoms with Crippen LogP contribution < -0.4 is 9.80 Å². The van der Waals surface area contributed by atoms with Crippen molar-refractivity contribution in [3.8, 4) is 55.6 Å². The number of para-hydroxylation sites is 2. The fourth-order valence-electron chi connectivity index (χ4n) is 14.3. The zero-order valence-electron chi connectivity index (χ0n) is 48.0. The molecule has 402 valence electrons. The Labute approximate surface area is 499 Å². The first-order chi connectivity index (χ1) is 41.0. The van der Waals surface area contributed by atoms with Gasteiger partial charge in [-0.15, -0.1) is 22.7 Å². The van der Waals surface area contributed by atoms with Crippen molar-refractivity contribution < 1.29 is 0 Å². The number of hydrogen-bond acceptors (Lipinski definition) is 4. The Balaban J connectivity index is 0.831. The second-order valence-electron chi connectivity index (χ2n) is 24.1. The molecule has 2 heterocycles. The van der Waals surface area contributed by atoms with Gasteiger partial charge in [0.1, 0.15) is 0 Å². The number of aryl methyl sites for hydroxylation is 2. The SMILES string of the molecule is Cc1cc(-c2ccc(N(c3ccccc3-c3ccc4c(c3)C(C)(C)c3ccccc3-4)c3cccc4c3sc3ccccc34)c(C)c2)ccc1N(c1ccccc1-c1ccc2c(c1)C(C)(C)c1ccccc1-2)c1cccc2c1sc1ccccc12. The van der Waals surface area contributed by atoms with Crippen LogP contribution in [0, 0.1) is 13.8 Å². The van der Waals surface area contributed by atoms with Gasteiger partial charge in [-0.1, -0.05) is 210 Å². The van der Waals surface area contributed by atoms with Crippen molar-refractivity contribution in [2.75, 3.05) is 9.80 Å². The predicted molar refractivity (Wildman–Crippen MR) is 362 cm³/mol. The maximum atomic E-state index is 2.54. The zero-order valence-corrected chi connectivity index (χ0v) is 49.6. The lowest BCUT2D eigenvalue weighted by Crippen LogP contribution is -2.15. The normalized spacial score (nSPS) is 13.5. The molecule has 0 fully saturated rings. The van der Waals surface area contributed by atoms with E-state index in [0.29, 0.717) is 0 Å². The maximum Gasteiger partial charge on any atom is 0.0640 e. The van der Waals surface area contributed by atoms with Gasteiger partial charge in [-0.2, -0.15) is 0 Å². The Hall–Kier alpha value is -9.32. The third kappa shape index (κ3) is 7.67. The van der Waals surface area contributed by atoms with Crippen LogP contribution in [-0.2, 0) is 10.8 Å². The lowest BCUT2D eigenvalue weighted by atomic mass is 9.81. The quantitative estimate of drug-likeness (QED) is 0.142. The molecule has 2 nitrogen and oxygen atoms in total. The summed E-state index contributed by atoms with van der Waals surface area (Å²) in [5.74, 6) is 0. The molecule has 2 aliphatic carbocycles. The number of anilines is 6. The highest BCUT2D eigenvalue weighted by Gasteiger charge is 2.37. The van der Waals surface area contributed by atoms with E-state index in [1.807, 2.05) is 22.7 Å². The number of fused-ring (bicyclic) bond motifs is 12. The fourth-order valence-corrected chi connectivity index (χ4v) is 16.7. The fraction of sp³-hybridized carbons (Fsp3) is 0.100. The van der Waals surface area contributed by atoms with Gasteiger partial charge in [0, 0.05) is 64.3 Å². The van der Waals surface area contributed by atoms with Crippen LogP contribution in [0.4, 0.5) is 34.1 Å². The van der Waals surface area contributed by atoms with Crippen LogP contribution in [0.3, 0.4) is 0 Å². The predicted octanol–water partition coefficient (Wildman–Crippen LogP) is 23.6. The topological polar surface area (TPSA) is 6.48 Å². The molecule has 0 saturated carbocycles. The summed E-state index contributed by atoms with van der Waals surface area (Å²) in [7, 11) is 0. The molecule has 12 aromatic carbocycles. The molecule has 2 aromatic heterocycles. The number of thiophene rings is 2. The van der Waals surface area contributed by atoms with E-state index in [9.17, 15) is 0 Å². The van der Waals surface area contributed by atoms with E-state index < -0.39 is 0 Å². The van der Waals surface area contributed by atoms with Gasteiger partial charge in [-0.3, -0.25) is 0 Å². The molecule has 0 amide bonds. The van der Waals surface area contributed by atoms with Crippen LogP contribution in [0.5, 0.6) is 0 Å². The van der Waals surface area contributed by atoms with Crippen LogP contribution in [0.15, 0.2) is 255 Å². The molecule has 0 radical (unpaired) electrons. The van der Waals surface area contributed by atoms with Crippen LogP contribution in [0.2, 0.25) is 0 Å². The average Bonchev–Trinajstić information content (AvgIpc) is 4.02. The van der Waals surface area contributed by atoms with Crippen molar-refractivity contribution in [2.24, 2.45) is 0 Å². The van der Waals surface area contributed by atoms with Gasteiger partial charge in [0.25, 0.3) is 0 Å². The van der Waals surface area contributed by atoms with Crippen molar-refractivity contribution in [3.63, 3.8) is 0 Å². The van der Waals surface area contributed by atoms with E-state index in [2.05, 4.69) is 306 Å². The minimum Gasteiger partial charge on any atom is -0.308 e. The van der Waals surface area contributed by atoms with Gasteiger partial charge in [-0.05, 0) is 165 Å². The highest BCUT2D eigenvalue weighted by Crippen LogP contribution is 2.55. The molecule has 16 rings (SSSR count). The first-order valence-electron chi connectivity index (χ1n) is 29.3.